The first-order chi connectivity index (χ1) is 9.65. The molecule has 2 aromatic rings. The van der Waals surface area contributed by atoms with E-state index in [9.17, 15) is 0 Å². The normalized spacial score (nSPS) is 19.6. The fourth-order valence-electron chi connectivity index (χ4n) is 2.90. The van der Waals surface area contributed by atoms with Gasteiger partial charge in [-0.1, -0.05) is 33.6 Å². The highest BCUT2D eigenvalue weighted by molar-refractivity contribution is 9.10. The highest BCUT2D eigenvalue weighted by atomic mass is 79.9. The molecule has 0 spiro atoms. The van der Waals surface area contributed by atoms with Gasteiger partial charge in [0, 0.05) is 33.6 Å². The average molecular weight is 355 g/mol. The van der Waals surface area contributed by atoms with Crippen molar-refractivity contribution in [2.45, 2.75) is 38.3 Å². The van der Waals surface area contributed by atoms with Gasteiger partial charge in [-0.3, -0.25) is 0 Å². The molecule has 0 amide bonds. The number of furan rings is 1. The minimum Gasteiger partial charge on any atom is -0.469 e. The third-order valence-electron chi connectivity index (χ3n) is 3.93. The molecule has 2 nitrogen and oxygen atoms in total. The van der Waals surface area contributed by atoms with E-state index >= 15 is 0 Å². The number of nitrogens with one attached hydrogen (secondary N) is 1. The van der Waals surface area contributed by atoms with Gasteiger partial charge in [0.05, 0.1) is 6.26 Å². The van der Waals surface area contributed by atoms with E-state index < -0.39 is 0 Å². The zero-order chi connectivity index (χ0) is 14.1. The lowest BCUT2D eigenvalue weighted by Gasteiger charge is -2.27. The Kier molecular flexibility index (Phi) is 4.20. The predicted octanol–water partition coefficient (Wildman–Crippen LogP) is 5.42. The first kappa shape index (κ1) is 14.2. The second kappa shape index (κ2) is 5.92. The van der Waals surface area contributed by atoms with Crippen LogP contribution in [0.3, 0.4) is 0 Å². The van der Waals surface area contributed by atoms with Crippen LogP contribution < -0.4 is 5.32 Å². The second-order valence-corrected chi connectivity index (χ2v) is 6.62. The van der Waals surface area contributed by atoms with Crippen molar-refractivity contribution in [3.8, 4) is 0 Å². The van der Waals surface area contributed by atoms with Gasteiger partial charge in [0.1, 0.15) is 5.76 Å². The molecule has 0 radical (unpaired) electrons. The van der Waals surface area contributed by atoms with Crippen LogP contribution in [0.1, 0.15) is 48.7 Å². The monoisotopic (exact) mass is 353 g/mol. The summed E-state index contributed by atoms with van der Waals surface area (Å²) in [6, 6.07) is 8.70. The molecule has 1 aromatic carbocycles. The maximum Gasteiger partial charge on any atom is 0.108 e. The van der Waals surface area contributed by atoms with Crippen LogP contribution in [0, 0.1) is 0 Å². The Bertz CT molecular complexity index is 610. The molecule has 2 unspecified atom stereocenters. The van der Waals surface area contributed by atoms with E-state index in [1.807, 2.05) is 12.1 Å². The molecule has 4 heteroatoms. The maximum absolute atomic E-state index is 6.33. The van der Waals surface area contributed by atoms with Crippen molar-refractivity contribution in [2.75, 3.05) is 0 Å². The topological polar surface area (TPSA) is 25.2 Å². The third kappa shape index (κ3) is 2.80. The molecule has 0 aliphatic heterocycles. The summed E-state index contributed by atoms with van der Waals surface area (Å²) in [4.78, 5) is 0. The highest BCUT2D eigenvalue weighted by Crippen LogP contribution is 2.34. The van der Waals surface area contributed by atoms with E-state index in [1.54, 1.807) is 6.26 Å². The number of hydrogen-bond donors (Lipinski definition) is 1. The van der Waals surface area contributed by atoms with Crippen LogP contribution in [0.5, 0.6) is 0 Å². The van der Waals surface area contributed by atoms with Crippen molar-refractivity contribution in [1.29, 1.82) is 0 Å². The standard InChI is InChI=1S/C16H17BrClNO/c1-10(12-6-5-11(17)9-14(12)18)19-15-3-2-4-16-13(15)7-8-20-16/h5-10,15,19H,2-4H2,1H3. The second-order valence-electron chi connectivity index (χ2n) is 5.30. The predicted molar refractivity (Wildman–Crippen MR) is 85.1 cm³/mol. The van der Waals surface area contributed by atoms with Gasteiger partial charge in [-0.2, -0.15) is 0 Å². The molecule has 0 bridgehead atoms. The molecule has 20 heavy (non-hydrogen) atoms. The third-order valence-corrected chi connectivity index (χ3v) is 4.75. The van der Waals surface area contributed by atoms with Gasteiger partial charge in [-0.15, -0.1) is 0 Å². The van der Waals surface area contributed by atoms with Gasteiger partial charge in [0.25, 0.3) is 0 Å². The SMILES string of the molecule is CC(NC1CCCc2occc21)c1ccc(Br)cc1Cl. The van der Waals surface area contributed by atoms with Crippen LogP contribution in [0.2, 0.25) is 5.02 Å². The summed E-state index contributed by atoms with van der Waals surface area (Å²) < 4.78 is 6.55. The van der Waals surface area contributed by atoms with Crippen molar-refractivity contribution in [3.63, 3.8) is 0 Å². The van der Waals surface area contributed by atoms with Crippen LogP contribution in [-0.2, 0) is 6.42 Å². The fourth-order valence-corrected chi connectivity index (χ4v) is 3.74. The lowest BCUT2D eigenvalue weighted by atomic mass is 9.92. The molecule has 0 saturated heterocycles. The molecule has 1 aliphatic carbocycles. The van der Waals surface area contributed by atoms with Crippen molar-refractivity contribution in [2.24, 2.45) is 0 Å². The number of benzene rings is 1. The minimum absolute atomic E-state index is 0.210. The van der Waals surface area contributed by atoms with Gasteiger partial charge in [-0.25, -0.2) is 0 Å². The summed E-state index contributed by atoms with van der Waals surface area (Å²) in [6.45, 7) is 2.16. The molecule has 1 aromatic heterocycles. The van der Waals surface area contributed by atoms with E-state index in [-0.39, 0.29) is 6.04 Å². The molecule has 106 valence electrons. The average Bonchev–Trinajstić information content (AvgIpc) is 2.87. The molecular weight excluding hydrogens is 338 g/mol. The highest BCUT2D eigenvalue weighted by Gasteiger charge is 2.24. The molecule has 3 rings (SSSR count). The van der Waals surface area contributed by atoms with Crippen molar-refractivity contribution >= 4 is 27.5 Å². The Hall–Kier alpha value is -0.770. The van der Waals surface area contributed by atoms with Gasteiger partial charge >= 0.3 is 0 Å². The Labute approximate surface area is 132 Å². The van der Waals surface area contributed by atoms with E-state index in [0.29, 0.717) is 6.04 Å². The first-order valence-corrected chi connectivity index (χ1v) is 8.09. The van der Waals surface area contributed by atoms with Gasteiger partial charge in [0.2, 0.25) is 0 Å². The quantitative estimate of drug-likeness (QED) is 0.795. The fraction of sp³-hybridized carbons (Fsp3) is 0.375. The Morgan fingerprint density at radius 1 is 1.40 bits per heavy atom. The van der Waals surface area contributed by atoms with Crippen molar-refractivity contribution in [3.05, 3.63) is 56.9 Å². The van der Waals surface area contributed by atoms with Gasteiger partial charge < -0.3 is 9.73 Å². The number of rotatable bonds is 3. The van der Waals surface area contributed by atoms with Crippen molar-refractivity contribution < 1.29 is 4.42 Å². The van der Waals surface area contributed by atoms with Crippen LogP contribution in [0.25, 0.3) is 0 Å². The number of aryl methyl sites for hydroxylation is 1. The van der Waals surface area contributed by atoms with E-state index in [2.05, 4.69) is 40.3 Å². The molecule has 0 saturated carbocycles. The number of hydrogen-bond acceptors (Lipinski definition) is 2. The first-order valence-electron chi connectivity index (χ1n) is 6.92. The largest absolute Gasteiger partial charge is 0.469 e. The molecule has 1 aliphatic rings. The number of fused-ring (bicyclic) bond motifs is 1. The lowest BCUT2D eigenvalue weighted by Crippen LogP contribution is -2.27. The van der Waals surface area contributed by atoms with Crippen LogP contribution >= 0.6 is 27.5 Å². The smallest absolute Gasteiger partial charge is 0.108 e. The molecule has 1 N–H and O–H groups in total. The van der Waals surface area contributed by atoms with Gasteiger partial charge in [0.15, 0.2) is 0 Å². The Balaban J connectivity index is 1.79. The van der Waals surface area contributed by atoms with Gasteiger partial charge in [-0.05, 0) is 43.5 Å². The van der Waals surface area contributed by atoms with Crippen LogP contribution in [0.15, 0.2) is 39.4 Å². The minimum atomic E-state index is 0.210. The van der Waals surface area contributed by atoms with E-state index in [4.69, 9.17) is 16.0 Å². The summed E-state index contributed by atoms with van der Waals surface area (Å²) in [5, 5.41) is 4.47. The molecule has 1 heterocycles. The summed E-state index contributed by atoms with van der Waals surface area (Å²) >= 11 is 9.78. The zero-order valence-electron chi connectivity index (χ0n) is 11.3. The zero-order valence-corrected chi connectivity index (χ0v) is 13.7. The lowest BCUT2D eigenvalue weighted by molar-refractivity contribution is 0.386. The summed E-state index contributed by atoms with van der Waals surface area (Å²) in [5.41, 5.74) is 2.43. The van der Waals surface area contributed by atoms with Crippen LogP contribution in [0.4, 0.5) is 0 Å². The van der Waals surface area contributed by atoms with E-state index in [0.717, 1.165) is 33.7 Å². The summed E-state index contributed by atoms with van der Waals surface area (Å²) in [6.07, 6.45) is 5.15. The summed E-state index contributed by atoms with van der Waals surface area (Å²) in [7, 11) is 0. The Morgan fingerprint density at radius 3 is 3.05 bits per heavy atom. The molecule has 0 fully saturated rings. The molecular formula is C16H17BrClNO. The van der Waals surface area contributed by atoms with Crippen molar-refractivity contribution in [1.82, 2.24) is 5.32 Å². The maximum atomic E-state index is 6.33. The number of halogens is 2. The Morgan fingerprint density at radius 2 is 2.25 bits per heavy atom. The van der Waals surface area contributed by atoms with E-state index in [1.165, 1.54) is 12.0 Å². The van der Waals surface area contributed by atoms with Crippen LogP contribution in [-0.4, -0.2) is 0 Å². The summed E-state index contributed by atoms with van der Waals surface area (Å²) in [5.74, 6) is 1.13. The molecule has 2 atom stereocenters.